The molecule has 1 aliphatic heterocycles. The number of aromatic nitrogens is 3. The van der Waals surface area contributed by atoms with Crippen molar-refractivity contribution < 1.29 is 18.7 Å². The lowest BCUT2D eigenvalue weighted by Crippen LogP contribution is -2.35. The Kier molecular flexibility index (Phi) is 6.36. The Morgan fingerprint density at radius 1 is 1.16 bits per heavy atom. The van der Waals surface area contributed by atoms with E-state index in [2.05, 4.69) is 16.0 Å². The van der Waals surface area contributed by atoms with Gasteiger partial charge in [0.1, 0.15) is 52.5 Å². The first-order valence-corrected chi connectivity index (χ1v) is 12.2. The van der Waals surface area contributed by atoms with Crippen molar-refractivity contribution in [2.75, 3.05) is 18.8 Å². The molecule has 0 spiro atoms. The second-order valence-corrected chi connectivity index (χ2v) is 10.1. The maximum absolute atomic E-state index is 13.5. The lowest BCUT2D eigenvalue weighted by Gasteiger charge is -2.24. The molecule has 1 atom stereocenters. The van der Waals surface area contributed by atoms with E-state index in [9.17, 15) is 14.4 Å². The summed E-state index contributed by atoms with van der Waals surface area (Å²) in [5, 5.41) is 10.9. The molecule has 1 amide bonds. The van der Waals surface area contributed by atoms with Crippen LogP contribution in [0, 0.1) is 17.1 Å². The van der Waals surface area contributed by atoms with Crippen LogP contribution in [0.3, 0.4) is 0 Å². The summed E-state index contributed by atoms with van der Waals surface area (Å²) in [6.45, 7) is 6.34. The van der Waals surface area contributed by atoms with Crippen molar-refractivity contribution in [1.29, 1.82) is 5.26 Å². The molecule has 1 unspecified atom stereocenters. The van der Waals surface area contributed by atoms with Crippen LogP contribution < -0.4 is 10.5 Å². The van der Waals surface area contributed by atoms with Crippen LogP contribution >= 0.6 is 0 Å². The van der Waals surface area contributed by atoms with Crippen molar-refractivity contribution in [2.45, 2.75) is 38.8 Å². The van der Waals surface area contributed by atoms with E-state index in [4.69, 9.17) is 15.2 Å². The molecule has 0 radical (unpaired) electrons. The first-order valence-electron chi connectivity index (χ1n) is 12.2. The number of fused-ring (bicyclic) bond motifs is 1. The highest BCUT2D eigenvalue weighted by atomic mass is 19.1. The number of carbonyl (C=O) groups is 1. The van der Waals surface area contributed by atoms with Crippen molar-refractivity contribution in [3.63, 3.8) is 0 Å². The van der Waals surface area contributed by atoms with E-state index < -0.39 is 17.5 Å². The molecule has 1 saturated heterocycles. The number of likely N-dealkylation sites (tertiary alicyclic amines) is 1. The van der Waals surface area contributed by atoms with E-state index in [0.29, 0.717) is 53.3 Å². The van der Waals surface area contributed by atoms with Gasteiger partial charge in [0.05, 0.1) is 11.4 Å². The largest absolute Gasteiger partial charge is 0.457 e. The molecule has 1 fully saturated rings. The van der Waals surface area contributed by atoms with Crippen molar-refractivity contribution >= 4 is 22.9 Å². The number of nitrogens with two attached hydrogens (primary N) is 1. The van der Waals surface area contributed by atoms with Crippen molar-refractivity contribution in [1.82, 2.24) is 19.4 Å². The van der Waals surface area contributed by atoms with Crippen LogP contribution in [0.15, 0.2) is 54.9 Å². The quantitative estimate of drug-likeness (QED) is 0.373. The van der Waals surface area contributed by atoms with Gasteiger partial charge in [0.25, 0.3) is 0 Å². The van der Waals surface area contributed by atoms with Gasteiger partial charge in [-0.15, -0.1) is 0 Å². The zero-order valence-corrected chi connectivity index (χ0v) is 21.3. The highest BCUT2D eigenvalue weighted by molar-refractivity contribution is 6.03. The van der Waals surface area contributed by atoms with E-state index in [1.807, 2.05) is 37.5 Å². The monoisotopic (exact) mass is 514 g/mol. The zero-order valence-electron chi connectivity index (χ0n) is 21.3. The van der Waals surface area contributed by atoms with Gasteiger partial charge in [-0.25, -0.2) is 19.2 Å². The van der Waals surface area contributed by atoms with Gasteiger partial charge in [-0.1, -0.05) is 18.2 Å². The van der Waals surface area contributed by atoms with Crippen LogP contribution in [-0.2, 0) is 4.74 Å². The third-order valence-corrected chi connectivity index (χ3v) is 6.27. The maximum atomic E-state index is 13.5. The van der Waals surface area contributed by atoms with Crippen molar-refractivity contribution in [3.05, 3.63) is 66.4 Å². The van der Waals surface area contributed by atoms with Gasteiger partial charge in [-0.2, -0.15) is 5.26 Å². The summed E-state index contributed by atoms with van der Waals surface area (Å²) in [6, 6.07) is 15.1. The number of rotatable bonds is 4. The zero-order chi connectivity index (χ0) is 27.0. The summed E-state index contributed by atoms with van der Waals surface area (Å²) in [4.78, 5) is 23.0. The number of hydrogen-bond donors (Lipinski definition) is 1. The lowest BCUT2D eigenvalue weighted by atomic mass is 10.0. The number of halogens is 1. The number of benzene rings is 2. The molecule has 3 heterocycles. The summed E-state index contributed by atoms with van der Waals surface area (Å²) in [5.41, 5.74) is 7.93. The van der Waals surface area contributed by atoms with E-state index in [-0.39, 0.29) is 11.9 Å². The molecule has 2 aromatic carbocycles. The molecule has 2 N–H and O–H groups in total. The highest BCUT2D eigenvalue weighted by Crippen LogP contribution is 2.40. The molecule has 10 heteroatoms. The Morgan fingerprint density at radius 3 is 2.61 bits per heavy atom. The molecule has 4 aromatic rings. The third-order valence-electron chi connectivity index (χ3n) is 6.27. The Hall–Kier alpha value is -4.65. The minimum absolute atomic E-state index is 0.196. The molecule has 9 nitrogen and oxygen atoms in total. The fraction of sp³-hybridized carbons (Fsp3) is 0.286. The predicted molar refractivity (Wildman–Crippen MR) is 140 cm³/mol. The number of carbonyl (C=O) groups excluding carboxylic acids is 1. The number of nitrogen functional groups attached to an aromatic ring is 1. The van der Waals surface area contributed by atoms with E-state index in [1.165, 1.54) is 18.5 Å². The minimum Gasteiger partial charge on any atom is -0.457 e. The van der Waals surface area contributed by atoms with Crippen molar-refractivity contribution in [3.8, 4) is 28.7 Å². The normalized spacial score (nSPS) is 15.4. The Balaban J connectivity index is 1.52. The standard InChI is InChI=1S/C28H27FN6O3/c1-28(2,3)38-27(36)34-12-11-19(15-34)35-22(14-30)23(24-25(31)32-16-33-26(24)35)17-7-9-20(10-8-17)37-21-6-4-5-18(29)13-21/h4-10,13,16,19H,11-12,15H2,1-3H3,(H2,31,32,33). The Morgan fingerprint density at radius 2 is 1.92 bits per heavy atom. The van der Waals surface area contributed by atoms with Crippen LogP contribution in [0.1, 0.15) is 38.9 Å². The lowest BCUT2D eigenvalue weighted by molar-refractivity contribution is 0.0289. The Bertz CT molecular complexity index is 1550. The molecule has 5 rings (SSSR count). The smallest absolute Gasteiger partial charge is 0.410 e. The highest BCUT2D eigenvalue weighted by Gasteiger charge is 2.34. The molecular weight excluding hydrogens is 487 g/mol. The van der Waals surface area contributed by atoms with Crippen LogP contribution in [0.4, 0.5) is 15.0 Å². The predicted octanol–water partition coefficient (Wildman–Crippen LogP) is 5.67. The average Bonchev–Trinajstić information content (AvgIpc) is 3.47. The minimum atomic E-state index is -0.605. The van der Waals surface area contributed by atoms with Gasteiger partial charge in [0.15, 0.2) is 0 Å². The first kappa shape index (κ1) is 25.0. The van der Waals surface area contributed by atoms with Crippen LogP contribution in [0.25, 0.3) is 22.2 Å². The van der Waals surface area contributed by atoms with Crippen LogP contribution in [0.5, 0.6) is 11.5 Å². The molecule has 0 aliphatic carbocycles. The van der Waals surface area contributed by atoms with Gasteiger partial charge in [0.2, 0.25) is 0 Å². The van der Waals surface area contributed by atoms with Gasteiger partial charge in [-0.3, -0.25) is 0 Å². The van der Waals surface area contributed by atoms with Gasteiger partial charge < -0.3 is 24.7 Å². The second-order valence-electron chi connectivity index (χ2n) is 10.1. The van der Waals surface area contributed by atoms with E-state index >= 15 is 0 Å². The van der Waals surface area contributed by atoms with E-state index in [0.717, 1.165) is 5.56 Å². The molecular formula is C28H27FN6O3. The second kappa shape index (κ2) is 9.67. The van der Waals surface area contributed by atoms with Gasteiger partial charge >= 0.3 is 6.09 Å². The fourth-order valence-electron chi connectivity index (χ4n) is 4.70. The molecule has 1 aliphatic rings. The first-order chi connectivity index (χ1) is 18.1. The molecule has 38 heavy (non-hydrogen) atoms. The Labute approximate surface area is 219 Å². The number of hydrogen-bond acceptors (Lipinski definition) is 7. The summed E-state index contributed by atoms with van der Waals surface area (Å²) in [5.74, 6) is 0.746. The summed E-state index contributed by atoms with van der Waals surface area (Å²) >= 11 is 0. The molecule has 0 saturated carbocycles. The van der Waals surface area contributed by atoms with Gasteiger partial charge in [-0.05, 0) is 57.0 Å². The summed E-state index contributed by atoms with van der Waals surface area (Å²) < 4.78 is 26.7. The number of nitrogens with zero attached hydrogens (tertiary/aromatic N) is 5. The third kappa shape index (κ3) is 4.83. The van der Waals surface area contributed by atoms with Crippen LogP contribution in [-0.4, -0.2) is 44.2 Å². The molecule has 194 valence electrons. The SMILES string of the molecule is CC(C)(C)OC(=O)N1CCC(n2c(C#N)c(-c3ccc(Oc4cccc(F)c4)cc3)c3c(N)ncnc32)C1. The number of nitriles is 1. The number of amides is 1. The topological polar surface area (TPSA) is 119 Å². The van der Waals surface area contributed by atoms with Crippen LogP contribution in [0.2, 0.25) is 0 Å². The summed E-state index contributed by atoms with van der Waals surface area (Å²) in [7, 11) is 0. The van der Waals surface area contributed by atoms with Crippen molar-refractivity contribution in [2.24, 2.45) is 0 Å². The number of ether oxygens (including phenoxy) is 2. The number of anilines is 1. The molecule has 2 aromatic heterocycles. The van der Waals surface area contributed by atoms with Gasteiger partial charge in [0, 0.05) is 24.7 Å². The fourth-order valence-corrected chi connectivity index (χ4v) is 4.70. The molecule has 0 bridgehead atoms. The summed E-state index contributed by atoms with van der Waals surface area (Å²) in [6.07, 6.45) is 1.61. The average molecular weight is 515 g/mol. The maximum Gasteiger partial charge on any atom is 0.410 e. The van der Waals surface area contributed by atoms with E-state index in [1.54, 1.807) is 29.2 Å².